The molecule has 2 atom stereocenters. The van der Waals surface area contributed by atoms with Gasteiger partial charge in [0.1, 0.15) is 0 Å². The van der Waals surface area contributed by atoms with Crippen LogP contribution in [0.5, 0.6) is 0 Å². The first-order valence-corrected chi connectivity index (χ1v) is 7.58. The van der Waals surface area contributed by atoms with Gasteiger partial charge >= 0.3 is 6.18 Å². The van der Waals surface area contributed by atoms with Gasteiger partial charge in [0, 0.05) is 31.7 Å². The summed E-state index contributed by atoms with van der Waals surface area (Å²) in [7, 11) is 2.07. The standard InChI is InChI=1S/C14H26F3N3/c1-19-6-3-7-20(9-8-19)13(11-18)5-2-4-12(10-13)14(15,16)17/h12H,2-11,18H2,1H3. The molecule has 0 aromatic rings. The molecule has 118 valence electrons. The Morgan fingerprint density at radius 1 is 1.15 bits per heavy atom. The van der Waals surface area contributed by atoms with E-state index in [1.165, 1.54) is 0 Å². The molecule has 1 heterocycles. The average Bonchev–Trinajstić information content (AvgIpc) is 2.63. The Morgan fingerprint density at radius 2 is 1.90 bits per heavy atom. The maximum absolute atomic E-state index is 13.1. The zero-order valence-corrected chi connectivity index (χ0v) is 12.3. The molecule has 2 N–H and O–H groups in total. The van der Waals surface area contributed by atoms with E-state index in [1.54, 1.807) is 0 Å². The van der Waals surface area contributed by atoms with Crippen LogP contribution in [0.15, 0.2) is 0 Å². The van der Waals surface area contributed by atoms with Gasteiger partial charge in [0.15, 0.2) is 0 Å². The summed E-state index contributed by atoms with van der Waals surface area (Å²) in [6.45, 7) is 3.96. The van der Waals surface area contributed by atoms with Crippen molar-refractivity contribution in [1.29, 1.82) is 0 Å². The van der Waals surface area contributed by atoms with Gasteiger partial charge < -0.3 is 10.6 Å². The number of hydrogen-bond acceptors (Lipinski definition) is 3. The fourth-order valence-corrected chi connectivity index (χ4v) is 3.74. The van der Waals surface area contributed by atoms with Gasteiger partial charge in [-0.05, 0) is 39.3 Å². The van der Waals surface area contributed by atoms with Crippen LogP contribution in [0, 0.1) is 5.92 Å². The van der Waals surface area contributed by atoms with Crippen LogP contribution in [-0.4, -0.2) is 61.3 Å². The molecular weight excluding hydrogens is 267 g/mol. The molecular formula is C14H26F3N3. The highest BCUT2D eigenvalue weighted by atomic mass is 19.4. The number of nitrogens with two attached hydrogens (primary N) is 1. The van der Waals surface area contributed by atoms with E-state index in [0.717, 1.165) is 39.0 Å². The quantitative estimate of drug-likeness (QED) is 0.846. The van der Waals surface area contributed by atoms with Crippen molar-refractivity contribution in [2.24, 2.45) is 11.7 Å². The minimum Gasteiger partial charge on any atom is -0.329 e. The Morgan fingerprint density at radius 3 is 2.55 bits per heavy atom. The lowest BCUT2D eigenvalue weighted by Crippen LogP contribution is -2.58. The average molecular weight is 293 g/mol. The predicted molar refractivity (Wildman–Crippen MR) is 73.5 cm³/mol. The highest BCUT2D eigenvalue weighted by Crippen LogP contribution is 2.44. The van der Waals surface area contributed by atoms with E-state index in [0.29, 0.717) is 13.0 Å². The van der Waals surface area contributed by atoms with Gasteiger partial charge in [-0.2, -0.15) is 13.2 Å². The van der Waals surface area contributed by atoms with E-state index >= 15 is 0 Å². The number of nitrogens with zero attached hydrogens (tertiary/aromatic N) is 2. The lowest BCUT2D eigenvalue weighted by Gasteiger charge is -2.48. The number of halogens is 3. The third kappa shape index (κ3) is 3.46. The topological polar surface area (TPSA) is 32.5 Å². The Kier molecular flexibility index (Phi) is 4.97. The van der Waals surface area contributed by atoms with Crippen LogP contribution in [-0.2, 0) is 0 Å². The first-order chi connectivity index (χ1) is 9.37. The van der Waals surface area contributed by atoms with E-state index in [2.05, 4.69) is 16.8 Å². The van der Waals surface area contributed by atoms with Crippen molar-refractivity contribution in [2.45, 2.75) is 43.8 Å². The van der Waals surface area contributed by atoms with Crippen LogP contribution >= 0.6 is 0 Å². The van der Waals surface area contributed by atoms with Crippen molar-refractivity contribution in [3.63, 3.8) is 0 Å². The molecule has 0 aromatic heterocycles. The highest BCUT2D eigenvalue weighted by Gasteiger charge is 2.49. The first-order valence-electron chi connectivity index (χ1n) is 7.58. The Balaban J connectivity index is 2.11. The van der Waals surface area contributed by atoms with Crippen LogP contribution in [0.2, 0.25) is 0 Å². The summed E-state index contributed by atoms with van der Waals surface area (Å²) in [5.74, 6) is -1.18. The molecule has 0 aromatic carbocycles. The predicted octanol–water partition coefficient (Wildman–Crippen LogP) is 2.07. The Labute approximate surface area is 119 Å². The summed E-state index contributed by atoms with van der Waals surface area (Å²) < 4.78 is 39.2. The van der Waals surface area contributed by atoms with Crippen LogP contribution in [0.4, 0.5) is 13.2 Å². The fraction of sp³-hybridized carbons (Fsp3) is 1.00. The third-order valence-corrected chi connectivity index (χ3v) is 5.05. The van der Waals surface area contributed by atoms with E-state index in [9.17, 15) is 13.2 Å². The Hall–Kier alpha value is -0.330. The summed E-state index contributed by atoms with van der Waals surface area (Å²) in [6.07, 6.45) is -1.19. The van der Waals surface area contributed by atoms with Crippen molar-refractivity contribution < 1.29 is 13.2 Å². The lowest BCUT2D eigenvalue weighted by atomic mass is 9.74. The molecule has 2 fully saturated rings. The molecule has 1 saturated heterocycles. The van der Waals surface area contributed by atoms with Gasteiger partial charge in [-0.25, -0.2) is 0 Å². The van der Waals surface area contributed by atoms with Gasteiger partial charge in [0.25, 0.3) is 0 Å². The number of likely N-dealkylation sites (N-methyl/N-ethyl adjacent to an activating group) is 1. The molecule has 0 bridgehead atoms. The third-order valence-electron chi connectivity index (χ3n) is 5.05. The second-order valence-corrected chi connectivity index (χ2v) is 6.41. The molecule has 2 rings (SSSR count). The molecule has 6 heteroatoms. The molecule has 0 amide bonds. The molecule has 20 heavy (non-hydrogen) atoms. The molecule has 0 spiro atoms. The molecule has 1 saturated carbocycles. The SMILES string of the molecule is CN1CCCN(C2(CN)CCCC(C(F)(F)F)C2)CC1. The second kappa shape index (κ2) is 6.20. The molecule has 2 aliphatic rings. The van der Waals surface area contributed by atoms with E-state index < -0.39 is 17.6 Å². The van der Waals surface area contributed by atoms with E-state index in [-0.39, 0.29) is 12.8 Å². The maximum atomic E-state index is 13.1. The van der Waals surface area contributed by atoms with Gasteiger partial charge in [-0.1, -0.05) is 6.42 Å². The van der Waals surface area contributed by atoms with Gasteiger partial charge in [0.05, 0.1) is 5.92 Å². The van der Waals surface area contributed by atoms with Crippen LogP contribution in [0.25, 0.3) is 0 Å². The van der Waals surface area contributed by atoms with Crippen molar-refractivity contribution in [3.05, 3.63) is 0 Å². The molecule has 2 unspecified atom stereocenters. The fourth-order valence-electron chi connectivity index (χ4n) is 3.74. The Bertz CT molecular complexity index is 321. The van der Waals surface area contributed by atoms with E-state index in [4.69, 9.17) is 5.73 Å². The summed E-state index contributed by atoms with van der Waals surface area (Å²) in [6, 6.07) is 0. The largest absolute Gasteiger partial charge is 0.391 e. The minimum absolute atomic E-state index is 0.177. The molecule has 1 aliphatic heterocycles. The van der Waals surface area contributed by atoms with Crippen molar-refractivity contribution >= 4 is 0 Å². The zero-order chi connectivity index (χ0) is 14.8. The number of hydrogen-bond donors (Lipinski definition) is 1. The first kappa shape index (κ1) is 16.0. The monoisotopic (exact) mass is 293 g/mol. The molecule has 3 nitrogen and oxygen atoms in total. The maximum Gasteiger partial charge on any atom is 0.391 e. The van der Waals surface area contributed by atoms with Crippen molar-refractivity contribution in [2.75, 3.05) is 39.8 Å². The normalized spacial score (nSPS) is 35.0. The number of alkyl halides is 3. The van der Waals surface area contributed by atoms with Gasteiger partial charge in [-0.15, -0.1) is 0 Å². The van der Waals surface area contributed by atoms with E-state index in [1.807, 2.05) is 0 Å². The van der Waals surface area contributed by atoms with Crippen molar-refractivity contribution in [1.82, 2.24) is 9.80 Å². The van der Waals surface area contributed by atoms with Gasteiger partial charge in [0.2, 0.25) is 0 Å². The molecule has 0 radical (unpaired) electrons. The smallest absolute Gasteiger partial charge is 0.329 e. The van der Waals surface area contributed by atoms with Crippen LogP contribution < -0.4 is 5.73 Å². The van der Waals surface area contributed by atoms with Crippen molar-refractivity contribution in [3.8, 4) is 0 Å². The summed E-state index contributed by atoms with van der Waals surface area (Å²) in [5.41, 5.74) is 5.50. The summed E-state index contributed by atoms with van der Waals surface area (Å²) in [5, 5.41) is 0. The second-order valence-electron chi connectivity index (χ2n) is 6.41. The number of rotatable bonds is 2. The summed E-state index contributed by atoms with van der Waals surface area (Å²) >= 11 is 0. The minimum atomic E-state index is -4.08. The lowest BCUT2D eigenvalue weighted by molar-refractivity contribution is -0.193. The molecule has 1 aliphatic carbocycles. The summed E-state index contributed by atoms with van der Waals surface area (Å²) in [4.78, 5) is 4.49. The van der Waals surface area contributed by atoms with Gasteiger partial charge in [-0.3, -0.25) is 4.90 Å². The van der Waals surface area contributed by atoms with Crippen LogP contribution in [0.3, 0.4) is 0 Å². The van der Waals surface area contributed by atoms with Crippen LogP contribution in [0.1, 0.15) is 32.1 Å². The highest BCUT2D eigenvalue weighted by molar-refractivity contribution is 4.98. The zero-order valence-electron chi connectivity index (χ0n) is 12.3.